The number of hydrogen-bond donors (Lipinski definition) is 1. The largest absolute Gasteiger partial charge is 0.465 e. The molecule has 2 aliphatic heterocycles. The van der Waals surface area contributed by atoms with Gasteiger partial charge in [-0.25, -0.2) is 9.78 Å². The van der Waals surface area contributed by atoms with Gasteiger partial charge in [0.05, 0.1) is 0 Å². The molecule has 0 radical (unpaired) electrons. The Balaban J connectivity index is 1.81. The van der Waals surface area contributed by atoms with Crippen molar-refractivity contribution in [2.75, 3.05) is 4.90 Å². The van der Waals surface area contributed by atoms with Gasteiger partial charge in [0.25, 0.3) is 0 Å². The number of pyridine rings is 1. The van der Waals surface area contributed by atoms with Crippen LogP contribution in [-0.2, 0) is 0 Å². The van der Waals surface area contributed by atoms with Gasteiger partial charge in [-0.1, -0.05) is 0 Å². The van der Waals surface area contributed by atoms with Crippen molar-refractivity contribution in [1.29, 1.82) is 0 Å². The van der Waals surface area contributed by atoms with E-state index in [0.29, 0.717) is 17.6 Å². The van der Waals surface area contributed by atoms with Crippen molar-refractivity contribution in [2.24, 2.45) is 0 Å². The summed E-state index contributed by atoms with van der Waals surface area (Å²) in [5, 5.41) is 9.66. The molecule has 130 valence electrons. The zero-order valence-corrected chi connectivity index (χ0v) is 14.5. The number of carbonyl (C=O) groups excluding carboxylic acids is 1. The lowest BCUT2D eigenvalue weighted by Crippen LogP contribution is -2.57. The van der Waals surface area contributed by atoms with Gasteiger partial charge in [0, 0.05) is 35.4 Å². The van der Waals surface area contributed by atoms with Crippen LogP contribution in [0.15, 0.2) is 18.3 Å². The van der Waals surface area contributed by atoms with Crippen LogP contribution in [-0.4, -0.2) is 51.0 Å². The molecule has 2 bridgehead atoms. The van der Waals surface area contributed by atoms with Crippen molar-refractivity contribution < 1.29 is 14.7 Å². The van der Waals surface area contributed by atoms with Crippen molar-refractivity contribution in [2.45, 2.75) is 70.1 Å². The molecule has 2 fully saturated rings. The van der Waals surface area contributed by atoms with Gasteiger partial charge in [-0.15, -0.1) is 0 Å². The van der Waals surface area contributed by atoms with Gasteiger partial charge < -0.3 is 14.9 Å². The monoisotopic (exact) mass is 331 g/mol. The summed E-state index contributed by atoms with van der Waals surface area (Å²) in [5.74, 6) is 0.893. The zero-order valence-electron chi connectivity index (χ0n) is 14.5. The molecule has 0 aliphatic carbocycles. The number of carbonyl (C=O) groups is 2. The highest BCUT2D eigenvalue weighted by Gasteiger charge is 2.46. The van der Waals surface area contributed by atoms with Crippen LogP contribution in [0.4, 0.5) is 10.6 Å². The van der Waals surface area contributed by atoms with Gasteiger partial charge in [-0.05, 0) is 58.6 Å². The van der Waals surface area contributed by atoms with Crippen molar-refractivity contribution in [3.05, 3.63) is 23.9 Å². The second-order valence-electron chi connectivity index (χ2n) is 7.81. The first-order chi connectivity index (χ1) is 11.3. The van der Waals surface area contributed by atoms with Crippen LogP contribution in [0.1, 0.15) is 56.8 Å². The molecule has 3 atom stereocenters. The molecule has 0 aromatic carbocycles. The Labute approximate surface area is 142 Å². The number of amides is 1. The molecule has 3 heterocycles. The van der Waals surface area contributed by atoms with Crippen LogP contribution in [0.5, 0.6) is 0 Å². The third kappa shape index (κ3) is 2.97. The molecule has 24 heavy (non-hydrogen) atoms. The summed E-state index contributed by atoms with van der Waals surface area (Å²) in [4.78, 5) is 30.9. The zero-order chi connectivity index (χ0) is 17.5. The van der Waals surface area contributed by atoms with E-state index in [9.17, 15) is 14.7 Å². The Morgan fingerprint density at radius 3 is 2.33 bits per heavy atom. The van der Waals surface area contributed by atoms with E-state index in [4.69, 9.17) is 0 Å². The van der Waals surface area contributed by atoms with E-state index in [0.717, 1.165) is 37.8 Å². The summed E-state index contributed by atoms with van der Waals surface area (Å²) in [7, 11) is 0. The highest BCUT2D eigenvalue weighted by atomic mass is 16.4. The maximum absolute atomic E-state index is 11.8. The predicted octanol–water partition coefficient (Wildman–Crippen LogP) is 3.17. The molecule has 0 saturated carbocycles. The SMILES string of the molecule is CC(C)(C)N(C(=O)O)C1C[C@H]2CC[C@@H](C1)N2c1ccc(C=O)cn1. The maximum atomic E-state index is 11.8. The van der Waals surface area contributed by atoms with Gasteiger partial charge in [0.2, 0.25) is 0 Å². The number of carboxylic acid groups (broad SMARTS) is 1. The number of anilines is 1. The number of aldehydes is 1. The van der Waals surface area contributed by atoms with Crippen LogP contribution in [0.3, 0.4) is 0 Å². The van der Waals surface area contributed by atoms with Gasteiger partial charge in [-0.3, -0.25) is 4.79 Å². The van der Waals surface area contributed by atoms with E-state index in [1.807, 2.05) is 26.8 Å². The molecule has 1 aromatic rings. The number of aromatic nitrogens is 1. The van der Waals surface area contributed by atoms with Crippen molar-refractivity contribution in [1.82, 2.24) is 9.88 Å². The standard InChI is InChI=1S/C18H25N3O3/c1-18(2,3)21(17(23)24)15-8-13-5-6-14(9-15)20(13)16-7-4-12(11-22)10-19-16/h4,7,10-11,13-15H,5-6,8-9H2,1-3H3,(H,23,24)/t13-,14+,15?. The normalized spacial score (nSPS) is 26.3. The summed E-state index contributed by atoms with van der Waals surface area (Å²) in [6, 6.07) is 4.36. The van der Waals surface area contributed by atoms with Crippen molar-refractivity contribution >= 4 is 18.2 Å². The third-order valence-corrected chi connectivity index (χ3v) is 5.17. The van der Waals surface area contributed by atoms with E-state index in [-0.39, 0.29) is 6.04 Å². The molecule has 1 unspecified atom stereocenters. The Morgan fingerprint density at radius 1 is 1.29 bits per heavy atom. The molecule has 6 heteroatoms. The Hall–Kier alpha value is -2.11. The van der Waals surface area contributed by atoms with E-state index in [1.54, 1.807) is 17.2 Å². The first-order valence-corrected chi connectivity index (χ1v) is 8.53. The molecule has 1 amide bonds. The fourth-order valence-corrected chi connectivity index (χ4v) is 4.34. The van der Waals surface area contributed by atoms with Crippen LogP contribution in [0.25, 0.3) is 0 Å². The molecule has 0 spiro atoms. The fourth-order valence-electron chi connectivity index (χ4n) is 4.34. The quantitative estimate of drug-likeness (QED) is 0.861. The number of piperidine rings is 1. The van der Waals surface area contributed by atoms with E-state index in [2.05, 4.69) is 9.88 Å². The van der Waals surface area contributed by atoms with Crippen LogP contribution >= 0.6 is 0 Å². The first-order valence-electron chi connectivity index (χ1n) is 8.53. The molecule has 1 N–H and O–H groups in total. The predicted molar refractivity (Wildman–Crippen MR) is 91.6 cm³/mol. The Kier molecular flexibility index (Phi) is 4.24. The third-order valence-electron chi connectivity index (χ3n) is 5.17. The van der Waals surface area contributed by atoms with Crippen LogP contribution in [0.2, 0.25) is 0 Å². The van der Waals surface area contributed by atoms with E-state index < -0.39 is 11.6 Å². The average molecular weight is 331 g/mol. The summed E-state index contributed by atoms with van der Waals surface area (Å²) in [6.07, 6.45) is 5.35. The van der Waals surface area contributed by atoms with E-state index >= 15 is 0 Å². The number of hydrogen-bond acceptors (Lipinski definition) is 4. The maximum Gasteiger partial charge on any atom is 0.407 e. The Bertz CT molecular complexity index is 609. The summed E-state index contributed by atoms with van der Waals surface area (Å²) >= 11 is 0. The highest BCUT2D eigenvalue weighted by molar-refractivity contribution is 5.74. The van der Waals surface area contributed by atoms with Gasteiger partial charge >= 0.3 is 6.09 Å². The minimum Gasteiger partial charge on any atom is -0.465 e. The lowest BCUT2D eigenvalue weighted by molar-refractivity contribution is 0.0558. The smallest absolute Gasteiger partial charge is 0.407 e. The molecule has 3 rings (SSSR count). The summed E-state index contributed by atoms with van der Waals surface area (Å²) in [6.45, 7) is 5.86. The van der Waals surface area contributed by atoms with Crippen molar-refractivity contribution in [3.63, 3.8) is 0 Å². The number of fused-ring (bicyclic) bond motifs is 2. The highest BCUT2D eigenvalue weighted by Crippen LogP contribution is 2.41. The molecule has 2 aliphatic rings. The Morgan fingerprint density at radius 2 is 1.92 bits per heavy atom. The number of nitrogens with zero attached hydrogens (tertiary/aromatic N) is 3. The average Bonchev–Trinajstić information content (AvgIpc) is 2.76. The lowest BCUT2D eigenvalue weighted by atomic mass is 9.92. The van der Waals surface area contributed by atoms with Gasteiger partial charge in [0.15, 0.2) is 6.29 Å². The molecule has 6 nitrogen and oxygen atoms in total. The minimum absolute atomic E-state index is 0.0468. The summed E-state index contributed by atoms with van der Waals surface area (Å²) in [5.41, 5.74) is 0.174. The second kappa shape index (κ2) is 6.07. The molecule has 1 aromatic heterocycles. The summed E-state index contributed by atoms with van der Waals surface area (Å²) < 4.78 is 0. The van der Waals surface area contributed by atoms with Gasteiger partial charge in [-0.2, -0.15) is 0 Å². The lowest BCUT2D eigenvalue weighted by Gasteiger charge is -2.47. The molecular weight excluding hydrogens is 306 g/mol. The van der Waals surface area contributed by atoms with E-state index in [1.165, 1.54) is 0 Å². The first kappa shape index (κ1) is 16.7. The van der Waals surface area contributed by atoms with Crippen LogP contribution in [0, 0.1) is 0 Å². The number of rotatable bonds is 3. The topological polar surface area (TPSA) is 73.7 Å². The van der Waals surface area contributed by atoms with Crippen molar-refractivity contribution in [3.8, 4) is 0 Å². The van der Waals surface area contributed by atoms with Crippen LogP contribution < -0.4 is 4.90 Å². The molecular formula is C18H25N3O3. The fraction of sp³-hybridized carbons (Fsp3) is 0.611. The molecule has 2 saturated heterocycles. The second-order valence-corrected chi connectivity index (χ2v) is 7.81. The minimum atomic E-state index is -0.839. The van der Waals surface area contributed by atoms with Gasteiger partial charge in [0.1, 0.15) is 5.82 Å².